The number of benzene rings is 1. The van der Waals surface area contributed by atoms with Gasteiger partial charge in [0.25, 0.3) is 0 Å². The van der Waals surface area contributed by atoms with E-state index < -0.39 is 24.4 Å². The minimum atomic E-state index is -4.65. The van der Waals surface area contributed by atoms with Crippen molar-refractivity contribution < 1.29 is 23.1 Å². The van der Waals surface area contributed by atoms with E-state index in [1.54, 1.807) is 30.3 Å². The molecule has 0 radical (unpaired) electrons. The van der Waals surface area contributed by atoms with E-state index in [-0.39, 0.29) is 11.6 Å². The predicted octanol–water partition coefficient (Wildman–Crippen LogP) is 2.66. The Hall–Kier alpha value is -2.64. The SMILES string of the molecule is O=C(O)CNc1nc(-c2ccccc2)cc(C(F)(F)F)n1. The number of nitrogens with one attached hydrogen (secondary N) is 1. The number of alkyl halides is 3. The van der Waals surface area contributed by atoms with Crippen molar-refractivity contribution in [3.8, 4) is 11.3 Å². The quantitative estimate of drug-likeness (QED) is 0.907. The first-order chi connectivity index (χ1) is 9.86. The van der Waals surface area contributed by atoms with Gasteiger partial charge in [-0.05, 0) is 6.07 Å². The molecule has 8 heteroatoms. The molecule has 2 rings (SSSR count). The second-order valence-electron chi connectivity index (χ2n) is 4.07. The summed E-state index contributed by atoms with van der Waals surface area (Å²) in [6, 6.07) is 9.07. The molecule has 2 N–H and O–H groups in total. The van der Waals surface area contributed by atoms with Crippen molar-refractivity contribution in [2.75, 3.05) is 11.9 Å². The van der Waals surface area contributed by atoms with Gasteiger partial charge in [-0.3, -0.25) is 4.79 Å². The maximum Gasteiger partial charge on any atom is 0.433 e. The van der Waals surface area contributed by atoms with Crippen molar-refractivity contribution in [2.24, 2.45) is 0 Å². The van der Waals surface area contributed by atoms with E-state index >= 15 is 0 Å². The Morgan fingerprint density at radius 3 is 2.43 bits per heavy atom. The standard InChI is InChI=1S/C13H10F3N3O2/c14-13(15,16)10-6-9(8-4-2-1-3-5-8)18-12(19-10)17-7-11(20)21/h1-6H,7H2,(H,20,21)(H,17,18,19). The smallest absolute Gasteiger partial charge is 0.433 e. The molecular formula is C13H10F3N3O2. The van der Waals surface area contributed by atoms with Crippen LogP contribution in [0.5, 0.6) is 0 Å². The van der Waals surface area contributed by atoms with Gasteiger partial charge in [-0.1, -0.05) is 30.3 Å². The highest BCUT2D eigenvalue weighted by molar-refractivity contribution is 5.72. The summed E-state index contributed by atoms with van der Waals surface area (Å²) < 4.78 is 38.5. The Bertz CT molecular complexity index is 645. The number of aromatic nitrogens is 2. The Kier molecular flexibility index (Phi) is 4.06. The third kappa shape index (κ3) is 3.91. The highest BCUT2D eigenvalue weighted by atomic mass is 19.4. The molecule has 0 aliphatic carbocycles. The lowest BCUT2D eigenvalue weighted by Crippen LogP contribution is -2.17. The van der Waals surface area contributed by atoms with Crippen LogP contribution in [0, 0.1) is 0 Å². The van der Waals surface area contributed by atoms with Gasteiger partial charge in [-0.2, -0.15) is 13.2 Å². The van der Waals surface area contributed by atoms with Crippen LogP contribution in [0.3, 0.4) is 0 Å². The minimum absolute atomic E-state index is 0.0609. The van der Waals surface area contributed by atoms with Crippen molar-refractivity contribution in [1.29, 1.82) is 0 Å². The summed E-state index contributed by atoms with van der Waals surface area (Å²) in [4.78, 5) is 17.7. The minimum Gasteiger partial charge on any atom is -0.480 e. The molecule has 1 aromatic heterocycles. The summed E-state index contributed by atoms with van der Waals surface area (Å²) in [6.45, 7) is -0.574. The molecule has 2 aromatic rings. The molecule has 110 valence electrons. The van der Waals surface area contributed by atoms with E-state index in [0.717, 1.165) is 6.07 Å². The molecule has 0 aliphatic rings. The van der Waals surface area contributed by atoms with Crippen molar-refractivity contribution >= 4 is 11.9 Å². The van der Waals surface area contributed by atoms with Gasteiger partial charge in [0.15, 0.2) is 5.69 Å². The van der Waals surface area contributed by atoms with Crippen LogP contribution in [0.4, 0.5) is 19.1 Å². The molecule has 0 saturated heterocycles. The molecule has 0 fully saturated rings. The summed E-state index contributed by atoms with van der Waals surface area (Å²) in [6.07, 6.45) is -4.65. The highest BCUT2D eigenvalue weighted by Gasteiger charge is 2.33. The van der Waals surface area contributed by atoms with E-state index in [9.17, 15) is 18.0 Å². The number of carboxylic acids is 1. The molecule has 5 nitrogen and oxygen atoms in total. The zero-order valence-electron chi connectivity index (χ0n) is 10.6. The Morgan fingerprint density at radius 1 is 1.19 bits per heavy atom. The van der Waals surface area contributed by atoms with E-state index in [2.05, 4.69) is 15.3 Å². The maximum atomic E-state index is 12.8. The lowest BCUT2D eigenvalue weighted by molar-refractivity contribution is -0.141. The second kappa shape index (κ2) is 5.78. The summed E-state index contributed by atoms with van der Waals surface area (Å²) in [5.74, 6) is -1.61. The van der Waals surface area contributed by atoms with E-state index in [1.165, 1.54) is 0 Å². The van der Waals surface area contributed by atoms with Crippen LogP contribution < -0.4 is 5.32 Å². The number of carboxylic acid groups (broad SMARTS) is 1. The summed E-state index contributed by atoms with van der Waals surface area (Å²) >= 11 is 0. The molecule has 0 aliphatic heterocycles. The average Bonchev–Trinajstić information content (AvgIpc) is 2.45. The van der Waals surface area contributed by atoms with Gasteiger partial charge in [0, 0.05) is 5.56 Å². The topological polar surface area (TPSA) is 75.1 Å². The van der Waals surface area contributed by atoms with Crippen molar-refractivity contribution in [3.05, 3.63) is 42.1 Å². The van der Waals surface area contributed by atoms with Crippen molar-refractivity contribution in [1.82, 2.24) is 9.97 Å². The maximum absolute atomic E-state index is 12.8. The molecule has 0 saturated carbocycles. The first-order valence-corrected chi connectivity index (χ1v) is 5.83. The molecule has 1 heterocycles. The van der Waals surface area contributed by atoms with E-state index in [4.69, 9.17) is 5.11 Å². The first kappa shape index (κ1) is 14.8. The van der Waals surface area contributed by atoms with E-state index in [0.29, 0.717) is 5.56 Å². The van der Waals surface area contributed by atoms with Crippen LogP contribution in [0.1, 0.15) is 5.69 Å². The second-order valence-corrected chi connectivity index (χ2v) is 4.07. The first-order valence-electron chi connectivity index (χ1n) is 5.83. The van der Waals surface area contributed by atoms with Crippen LogP contribution >= 0.6 is 0 Å². The molecule has 0 unspecified atom stereocenters. The number of rotatable bonds is 4. The van der Waals surface area contributed by atoms with Gasteiger partial charge < -0.3 is 10.4 Å². The van der Waals surface area contributed by atoms with Crippen LogP contribution in [-0.4, -0.2) is 27.6 Å². The number of hydrogen-bond donors (Lipinski definition) is 2. The lowest BCUT2D eigenvalue weighted by Gasteiger charge is -2.11. The fraction of sp³-hybridized carbons (Fsp3) is 0.154. The highest BCUT2D eigenvalue weighted by Crippen LogP contribution is 2.30. The summed E-state index contributed by atoms with van der Waals surface area (Å²) in [5.41, 5.74) is -0.598. The van der Waals surface area contributed by atoms with Crippen LogP contribution in [0.2, 0.25) is 0 Å². The van der Waals surface area contributed by atoms with Crippen molar-refractivity contribution in [2.45, 2.75) is 6.18 Å². The van der Waals surface area contributed by atoms with Gasteiger partial charge in [0.2, 0.25) is 5.95 Å². The molecule has 1 aromatic carbocycles. The molecule has 0 bridgehead atoms. The third-order valence-corrected chi connectivity index (χ3v) is 2.48. The Balaban J connectivity index is 2.45. The number of hydrogen-bond acceptors (Lipinski definition) is 4. The third-order valence-electron chi connectivity index (χ3n) is 2.48. The average molecular weight is 297 g/mol. The van der Waals surface area contributed by atoms with Gasteiger partial charge in [0.05, 0.1) is 5.69 Å². The molecule has 0 spiro atoms. The zero-order chi connectivity index (χ0) is 15.5. The van der Waals surface area contributed by atoms with E-state index in [1.807, 2.05) is 0 Å². The van der Waals surface area contributed by atoms with Gasteiger partial charge in [0.1, 0.15) is 6.54 Å². The number of aliphatic carboxylic acids is 1. The molecule has 0 atom stereocenters. The van der Waals surface area contributed by atoms with Crippen molar-refractivity contribution in [3.63, 3.8) is 0 Å². The van der Waals surface area contributed by atoms with Gasteiger partial charge >= 0.3 is 12.1 Å². The fourth-order valence-corrected chi connectivity index (χ4v) is 1.58. The normalized spacial score (nSPS) is 11.2. The number of nitrogens with zero attached hydrogens (tertiary/aromatic N) is 2. The number of halogens is 3. The fourth-order valence-electron chi connectivity index (χ4n) is 1.58. The van der Waals surface area contributed by atoms with Crippen LogP contribution in [-0.2, 0) is 11.0 Å². The molecular weight excluding hydrogens is 287 g/mol. The number of carbonyl (C=O) groups is 1. The Morgan fingerprint density at radius 2 is 1.86 bits per heavy atom. The monoisotopic (exact) mass is 297 g/mol. The van der Waals surface area contributed by atoms with Gasteiger partial charge in [-0.25, -0.2) is 9.97 Å². The zero-order valence-corrected chi connectivity index (χ0v) is 10.6. The predicted molar refractivity (Wildman–Crippen MR) is 68.6 cm³/mol. The largest absolute Gasteiger partial charge is 0.480 e. The lowest BCUT2D eigenvalue weighted by atomic mass is 10.1. The summed E-state index contributed by atoms with van der Waals surface area (Å²) in [7, 11) is 0. The summed E-state index contributed by atoms with van der Waals surface area (Å²) in [5, 5.41) is 10.8. The number of anilines is 1. The van der Waals surface area contributed by atoms with Crippen LogP contribution in [0.15, 0.2) is 36.4 Å². The van der Waals surface area contributed by atoms with Gasteiger partial charge in [-0.15, -0.1) is 0 Å². The Labute approximate surface area is 117 Å². The molecule has 0 amide bonds. The molecule has 21 heavy (non-hydrogen) atoms. The van der Waals surface area contributed by atoms with Crippen LogP contribution in [0.25, 0.3) is 11.3 Å².